The van der Waals surface area contributed by atoms with Crippen LogP contribution in [0, 0.1) is 11.3 Å². The van der Waals surface area contributed by atoms with Crippen molar-refractivity contribution in [1.82, 2.24) is 4.73 Å². The number of hydrogen-bond acceptors (Lipinski definition) is 2. The molecule has 0 unspecified atom stereocenters. The molecule has 0 amide bonds. The topological polar surface area (TPSA) is 38.0 Å². The van der Waals surface area contributed by atoms with Gasteiger partial charge in [0.05, 0.1) is 5.56 Å². The minimum Gasteiger partial charge on any atom is -0.416 e. The Labute approximate surface area is 117 Å². The van der Waals surface area contributed by atoms with Crippen molar-refractivity contribution < 1.29 is 18.0 Å². The van der Waals surface area contributed by atoms with Crippen LogP contribution in [0.1, 0.15) is 11.3 Å². The molecule has 0 saturated carbocycles. The summed E-state index contributed by atoms with van der Waals surface area (Å²) in [5.41, 5.74) is -0.717. The summed E-state index contributed by atoms with van der Waals surface area (Å²) >= 11 is 5.74. The number of halogens is 4. The summed E-state index contributed by atoms with van der Waals surface area (Å²) in [5, 5.41) is 9.46. The smallest absolute Gasteiger partial charge is 0.416 e. The Morgan fingerprint density at radius 2 is 1.85 bits per heavy atom. The third kappa shape index (κ3) is 2.45. The Morgan fingerprint density at radius 3 is 2.30 bits per heavy atom. The van der Waals surface area contributed by atoms with Crippen molar-refractivity contribution >= 4 is 11.6 Å². The first-order valence-corrected chi connectivity index (χ1v) is 5.79. The van der Waals surface area contributed by atoms with E-state index in [1.165, 1.54) is 24.3 Å². The van der Waals surface area contributed by atoms with Gasteiger partial charge < -0.3 is 4.84 Å². The van der Waals surface area contributed by atoms with Gasteiger partial charge in [-0.15, -0.1) is 0 Å². The van der Waals surface area contributed by atoms with Gasteiger partial charge >= 0.3 is 6.18 Å². The lowest BCUT2D eigenvalue weighted by molar-refractivity contribution is -0.150. The lowest BCUT2D eigenvalue weighted by Gasteiger charge is -2.13. The average molecular weight is 301 g/mol. The summed E-state index contributed by atoms with van der Waals surface area (Å²) in [4.78, 5) is 4.78. The van der Waals surface area contributed by atoms with Gasteiger partial charge in [-0.25, -0.2) is 0 Å². The number of rotatable bonds is 2. The van der Waals surface area contributed by atoms with Gasteiger partial charge in [0.1, 0.15) is 18.9 Å². The van der Waals surface area contributed by atoms with Crippen LogP contribution in [0.4, 0.5) is 13.2 Å². The predicted molar refractivity (Wildman–Crippen MR) is 67.1 cm³/mol. The summed E-state index contributed by atoms with van der Waals surface area (Å²) in [7, 11) is 1.11. The highest BCUT2D eigenvalue weighted by Gasteiger charge is 2.38. The van der Waals surface area contributed by atoms with E-state index in [2.05, 4.69) is 0 Å². The van der Waals surface area contributed by atoms with Crippen LogP contribution in [0.5, 0.6) is 0 Å². The molecular formula is C13H8ClF3N2O. The normalized spacial score (nSPS) is 11.2. The zero-order valence-electron chi connectivity index (χ0n) is 10.2. The third-order valence-corrected chi connectivity index (χ3v) is 2.92. The third-order valence-electron chi connectivity index (χ3n) is 2.67. The van der Waals surface area contributed by atoms with Gasteiger partial charge in [0.15, 0.2) is 5.69 Å². The first-order valence-electron chi connectivity index (χ1n) is 5.42. The summed E-state index contributed by atoms with van der Waals surface area (Å²) in [6, 6.07) is 8.60. The maximum atomic E-state index is 12.9. The van der Waals surface area contributed by atoms with Crippen molar-refractivity contribution in [3.8, 4) is 17.3 Å². The van der Waals surface area contributed by atoms with E-state index in [0.717, 1.165) is 13.2 Å². The van der Waals surface area contributed by atoms with Crippen molar-refractivity contribution in [2.75, 3.05) is 7.11 Å². The van der Waals surface area contributed by atoms with E-state index in [4.69, 9.17) is 21.7 Å². The van der Waals surface area contributed by atoms with Crippen LogP contribution >= 0.6 is 11.6 Å². The highest BCUT2D eigenvalue weighted by atomic mass is 35.5. The number of nitrogens with zero attached hydrogens (tertiary/aromatic N) is 2. The second kappa shape index (κ2) is 5.10. The molecule has 2 aromatic rings. The van der Waals surface area contributed by atoms with Crippen molar-refractivity contribution in [3.63, 3.8) is 0 Å². The highest BCUT2D eigenvalue weighted by Crippen LogP contribution is 2.36. The molecule has 7 heteroatoms. The van der Waals surface area contributed by atoms with E-state index < -0.39 is 11.9 Å². The summed E-state index contributed by atoms with van der Waals surface area (Å²) in [5.74, 6) is 0. The molecule has 0 radical (unpaired) electrons. The number of aromatic nitrogens is 1. The highest BCUT2D eigenvalue weighted by molar-refractivity contribution is 6.30. The van der Waals surface area contributed by atoms with E-state index in [0.29, 0.717) is 15.3 Å². The number of alkyl halides is 3. The number of benzene rings is 1. The molecule has 0 saturated heterocycles. The first-order chi connectivity index (χ1) is 9.38. The zero-order valence-corrected chi connectivity index (χ0v) is 11.0. The molecule has 0 aliphatic carbocycles. The largest absolute Gasteiger partial charge is 0.434 e. The van der Waals surface area contributed by atoms with Crippen LogP contribution < -0.4 is 4.84 Å². The Balaban J connectivity index is 2.72. The predicted octanol–water partition coefficient (Wildman–Crippen LogP) is 3.76. The van der Waals surface area contributed by atoms with Gasteiger partial charge in [-0.2, -0.15) is 23.2 Å². The van der Waals surface area contributed by atoms with Crippen molar-refractivity contribution in [2.24, 2.45) is 0 Å². The second-order valence-corrected chi connectivity index (χ2v) is 4.32. The second-order valence-electron chi connectivity index (χ2n) is 3.89. The van der Waals surface area contributed by atoms with Crippen molar-refractivity contribution in [3.05, 3.63) is 46.6 Å². The van der Waals surface area contributed by atoms with Crippen LogP contribution in [-0.2, 0) is 6.18 Å². The SMILES string of the molecule is COn1c(C(F)(F)F)cc(C#N)c1-c1ccc(Cl)cc1. The maximum Gasteiger partial charge on any atom is 0.434 e. The Kier molecular flexibility index (Phi) is 3.64. The molecule has 0 bridgehead atoms. The molecule has 3 nitrogen and oxygen atoms in total. The van der Waals surface area contributed by atoms with Crippen molar-refractivity contribution in [2.45, 2.75) is 6.18 Å². The molecule has 0 N–H and O–H groups in total. The van der Waals surface area contributed by atoms with Crippen LogP contribution in [0.25, 0.3) is 11.3 Å². The maximum absolute atomic E-state index is 12.9. The molecule has 1 aromatic carbocycles. The van der Waals surface area contributed by atoms with Gasteiger partial charge in [0.2, 0.25) is 0 Å². The van der Waals surface area contributed by atoms with E-state index in [1.807, 2.05) is 0 Å². The zero-order chi connectivity index (χ0) is 14.9. The Hall–Kier alpha value is -2.13. The van der Waals surface area contributed by atoms with Gasteiger partial charge in [0, 0.05) is 10.6 Å². The molecule has 2 rings (SSSR count). The van der Waals surface area contributed by atoms with E-state index >= 15 is 0 Å². The molecule has 104 valence electrons. The number of nitriles is 1. The Morgan fingerprint density at radius 1 is 1.25 bits per heavy atom. The molecule has 1 heterocycles. The fourth-order valence-electron chi connectivity index (χ4n) is 1.85. The molecule has 0 aliphatic heterocycles. The lowest BCUT2D eigenvalue weighted by atomic mass is 10.1. The van der Waals surface area contributed by atoms with Crippen molar-refractivity contribution in [1.29, 1.82) is 5.26 Å². The van der Waals surface area contributed by atoms with Gasteiger partial charge in [-0.05, 0) is 18.2 Å². The minimum absolute atomic E-state index is 0.0407. The van der Waals surface area contributed by atoms with Crippen LogP contribution in [0.3, 0.4) is 0 Å². The molecule has 0 fully saturated rings. The Bertz CT molecular complexity index is 669. The lowest BCUT2D eigenvalue weighted by Crippen LogP contribution is -2.18. The van der Waals surface area contributed by atoms with Gasteiger partial charge in [-0.3, -0.25) is 0 Å². The van der Waals surface area contributed by atoms with E-state index in [9.17, 15) is 13.2 Å². The molecule has 0 atom stereocenters. The minimum atomic E-state index is -4.62. The average Bonchev–Trinajstić information content (AvgIpc) is 2.78. The fourth-order valence-corrected chi connectivity index (χ4v) is 1.97. The molecule has 1 aromatic heterocycles. The first kappa shape index (κ1) is 14.3. The van der Waals surface area contributed by atoms with E-state index in [1.54, 1.807) is 6.07 Å². The monoisotopic (exact) mass is 300 g/mol. The summed E-state index contributed by atoms with van der Waals surface area (Å²) in [6.07, 6.45) is -4.62. The van der Waals surface area contributed by atoms with Crippen LogP contribution in [0.2, 0.25) is 5.02 Å². The quantitative estimate of drug-likeness (QED) is 0.847. The van der Waals surface area contributed by atoms with Gasteiger partial charge in [-0.1, -0.05) is 23.7 Å². The molecule has 0 aliphatic rings. The summed E-state index contributed by atoms with van der Waals surface area (Å²) < 4.78 is 39.3. The summed E-state index contributed by atoms with van der Waals surface area (Å²) in [6.45, 7) is 0. The fraction of sp³-hybridized carbons (Fsp3) is 0.154. The van der Waals surface area contributed by atoms with Crippen LogP contribution in [0.15, 0.2) is 30.3 Å². The van der Waals surface area contributed by atoms with E-state index in [-0.39, 0.29) is 11.3 Å². The van der Waals surface area contributed by atoms with Gasteiger partial charge in [0.25, 0.3) is 0 Å². The standard InChI is InChI=1S/C13H8ClF3N2O/c1-20-19-11(13(15,16)17)6-9(7-18)12(19)8-2-4-10(14)5-3-8/h2-6H,1H3. The molecular weight excluding hydrogens is 293 g/mol. The molecule has 0 spiro atoms. The number of hydrogen-bond donors (Lipinski definition) is 0. The van der Waals surface area contributed by atoms with Crippen LogP contribution in [-0.4, -0.2) is 11.8 Å². The molecule has 20 heavy (non-hydrogen) atoms.